The lowest BCUT2D eigenvalue weighted by Gasteiger charge is -2.38. The minimum absolute atomic E-state index is 0.0541. The maximum absolute atomic E-state index is 13.3. The van der Waals surface area contributed by atoms with Gasteiger partial charge in [-0.25, -0.2) is 4.98 Å². The molecule has 2 aromatic carbocycles. The number of rotatable bonds is 2. The Morgan fingerprint density at radius 1 is 1.10 bits per heavy atom. The van der Waals surface area contributed by atoms with Crippen LogP contribution in [0.1, 0.15) is 30.7 Å². The summed E-state index contributed by atoms with van der Waals surface area (Å²) in [5.41, 5.74) is 1.74. The van der Waals surface area contributed by atoms with Crippen LogP contribution in [0.15, 0.2) is 48.5 Å². The van der Waals surface area contributed by atoms with Crippen molar-refractivity contribution in [1.29, 1.82) is 0 Å². The van der Waals surface area contributed by atoms with E-state index in [4.69, 9.17) is 9.72 Å². The smallest absolute Gasteiger partial charge is 0.265 e. The SMILES string of the molecule is CC(=O)N1C[C@@H](C(=O)N2CCC[C@H](c3nc4ccccc4s3)C2)Oc2ccccc21. The molecule has 5 rings (SSSR count). The Morgan fingerprint density at radius 3 is 2.73 bits per heavy atom. The molecule has 0 radical (unpaired) electrons. The van der Waals surface area contributed by atoms with Gasteiger partial charge in [0.1, 0.15) is 5.75 Å². The van der Waals surface area contributed by atoms with Crippen molar-refractivity contribution >= 4 is 39.1 Å². The first-order chi connectivity index (χ1) is 14.6. The van der Waals surface area contributed by atoms with Crippen LogP contribution in [0.2, 0.25) is 0 Å². The van der Waals surface area contributed by atoms with Crippen molar-refractivity contribution in [3.05, 3.63) is 53.5 Å². The van der Waals surface area contributed by atoms with Gasteiger partial charge in [-0.15, -0.1) is 11.3 Å². The summed E-state index contributed by atoms with van der Waals surface area (Å²) in [7, 11) is 0. The molecule has 2 aliphatic rings. The molecule has 0 bridgehead atoms. The molecule has 1 saturated heterocycles. The third kappa shape index (κ3) is 3.43. The predicted octanol–water partition coefficient (Wildman–Crippen LogP) is 3.82. The molecule has 0 N–H and O–H groups in total. The zero-order chi connectivity index (χ0) is 20.7. The van der Waals surface area contributed by atoms with Gasteiger partial charge in [0.15, 0.2) is 6.10 Å². The van der Waals surface area contributed by atoms with Gasteiger partial charge in [-0.3, -0.25) is 9.59 Å². The number of aromatic nitrogens is 1. The second-order valence-corrected chi connectivity index (χ2v) is 8.91. The molecule has 1 fully saturated rings. The number of fused-ring (bicyclic) bond motifs is 2. The van der Waals surface area contributed by atoms with Crippen LogP contribution in [0, 0.1) is 0 Å². The van der Waals surface area contributed by atoms with E-state index in [0.29, 0.717) is 18.8 Å². The summed E-state index contributed by atoms with van der Waals surface area (Å²) in [6, 6.07) is 15.5. The highest BCUT2D eigenvalue weighted by Crippen LogP contribution is 2.36. The van der Waals surface area contributed by atoms with Gasteiger partial charge in [-0.05, 0) is 37.1 Å². The Hall–Kier alpha value is -2.93. The number of nitrogens with zero attached hydrogens (tertiary/aromatic N) is 3. The molecule has 1 aromatic heterocycles. The van der Waals surface area contributed by atoms with E-state index in [-0.39, 0.29) is 24.3 Å². The molecule has 0 saturated carbocycles. The lowest BCUT2D eigenvalue weighted by atomic mass is 9.98. The number of para-hydroxylation sites is 3. The molecule has 6 nitrogen and oxygen atoms in total. The average molecular weight is 422 g/mol. The number of ether oxygens (including phenoxy) is 1. The third-order valence-corrected chi connectivity index (χ3v) is 7.02. The van der Waals surface area contributed by atoms with Crippen molar-refractivity contribution in [3.63, 3.8) is 0 Å². The van der Waals surface area contributed by atoms with E-state index < -0.39 is 6.10 Å². The van der Waals surface area contributed by atoms with Crippen molar-refractivity contribution in [3.8, 4) is 5.75 Å². The van der Waals surface area contributed by atoms with E-state index >= 15 is 0 Å². The van der Waals surface area contributed by atoms with Gasteiger partial charge in [-0.2, -0.15) is 0 Å². The zero-order valence-electron chi connectivity index (χ0n) is 16.8. The van der Waals surface area contributed by atoms with Crippen molar-refractivity contribution in [2.24, 2.45) is 0 Å². The number of benzene rings is 2. The van der Waals surface area contributed by atoms with E-state index in [1.807, 2.05) is 47.4 Å². The Morgan fingerprint density at radius 2 is 1.90 bits per heavy atom. The fourth-order valence-electron chi connectivity index (χ4n) is 4.31. The molecular formula is C23H23N3O3S. The molecule has 154 valence electrons. The van der Waals surface area contributed by atoms with Crippen LogP contribution in [0.25, 0.3) is 10.2 Å². The highest BCUT2D eigenvalue weighted by atomic mass is 32.1. The minimum atomic E-state index is -0.682. The number of likely N-dealkylation sites (tertiary alicyclic amines) is 1. The summed E-state index contributed by atoms with van der Waals surface area (Å²) in [6.45, 7) is 3.11. The molecule has 0 spiro atoms. The lowest BCUT2D eigenvalue weighted by Crippen LogP contribution is -2.53. The first kappa shape index (κ1) is 19.1. The summed E-state index contributed by atoms with van der Waals surface area (Å²) in [5.74, 6) is 0.674. The fourth-order valence-corrected chi connectivity index (χ4v) is 5.40. The fraction of sp³-hybridized carbons (Fsp3) is 0.348. The molecule has 2 amide bonds. The number of amides is 2. The summed E-state index contributed by atoms with van der Waals surface area (Å²) >= 11 is 1.71. The van der Waals surface area contributed by atoms with E-state index in [1.54, 1.807) is 16.2 Å². The monoisotopic (exact) mass is 421 g/mol. The Bertz CT molecular complexity index is 1080. The number of piperidine rings is 1. The van der Waals surface area contributed by atoms with Crippen LogP contribution in [0.4, 0.5) is 5.69 Å². The van der Waals surface area contributed by atoms with E-state index in [2.05, 4.69) is 6.07 Å². The number of hydrogen-bond acceptors (Lipinski definition) is 5. The summed E-state index contributed by atoms with van der Waals surface area (Å²) in [5, 5.41) is 1.09. The van der Waals surface area contributed by atoms with Crippen LogP contribution in [-0.4, -0.2) is 47.4 Å². The Kier molecular flexibility index (Phi) is 4.90. The topological polar surface area (TPSA) is 62.7 Å². The van der Waals surface area contributed by atoms with E-state index in [9.17, 15) is 9.59 Å². The number of carbonyl (C=O) groups is 2. The highest BCUT2D eigenvalue weighted by molar-refractivity contribution is 7.18. The molecular weight excluding hydrogens is 398 g/mol. The second kappa shape index (κ2) is 7.72. The second-order valence-electron chi connectivity index (χ2n) is 7.85. The summed E-state index contributed by atoms with van der Waals surface area (Å²) < 4.78 is 7.20. The van der Waals surface area contributed by atoms with Gasteiger partial charge in [0.25, 0.3) is 5.91 Å². The third-order valence-electron chi connectivity index (χ3n) is 5.82. The predicted molar refractivity (Wildman–Crippen MR) is 117 cm³/mol. The van der Waals surface area contributed by atoms with Crippen molar-refractivity contribution in [2.45, 2.75) is 31.8 Å². The Labute approximate surface area is 179 Å². The van der Waals surface area contributed by atoms with Crippen LogP contribution < -0.4 is 9.64 Å². The van der Waals surface area contributed by atoms with Gasteiger partial charge < -0.3 is 14.5 Å². The summed E-state index contributed by atoms with van der Waals surface area (Å²) in [6.07, 6.45) is 1.28. The standard InChI is InChI=1S/C23H23N3O3S/c1-15(27)26-14-20(29-19-10-4-3-9-18(19)26)23(28)25-12-6-7-16(13-25)22-24-17-8-2-5-11-21(17)30-22/h2-5,8-11,16,20H,6-7,12-14H2,1H3/t16-,20-/m0/s1. The number of carbonyl (C=O) groups excluding carboxylic acids is 2. The number of hydrogen-bond donors (Lipinski definition) is 0. The summed E-state index contributed by atoms with van der Waals surface area (Å²) in [4.78, 5) is 33.8. The van der Waals surface area contributed by atoms with E-state index in [1.165, 1.54) is 11.6 Å². The maximum Gasteiger partial charge on any atom is 0.265 e. The molecule has 30 heavy (non-hydrogen) atoms. The van der Waals surface area contributed by atoms with Gasteiger partial charge in [-0.1, -0.05) is 24.3 Å². The first-order valence-electron chi connectivity index (χ1n) is 10.3. The normalized spacial score (nSPS) is 21.2. The molecule has 0 aliphatic carbocycles. The van der Waals surface area contributed by atoms with Gasteiger partial charge in [0.05, 0.1) is 27.5 Å². The molecule has 2 aliphatic heterocycles. The highest BCUT2D eigenvalue weighted by Gasteiger charge is 2.37. The average Bonchev–Trinajstić information content (AvgIpc) is 3.22. The van der Waals surface area contributed by atoms with Gasteiger partial charge in [0.2, 0.25) is 5.91 Å². The largest absolute Gasteiger partial charge is 0.476 e. The molecule has 2 atom stereocenters. The van der Waals surface area contributed by atoms with Crippen LogP contribution in [-0.2, 0) is 9.59 Å². The minimum Gasteiger partial charge on any atom is -0.476 e. The number of thiazole rings is 1. The van der Waals surface area contributed by atoms with Crippen molar-refractivity contribution in [1.82, 2.24) is 9.88 Å². The van der Waals surface area contributed by atoms with E-state index in [0.717, 1.165) is 29.1 Å². The molecule has 0 unspecified atom stereocenters. The molecule has 3 aromatic rings. The Balaban J connectivity index is 1.35. The lowest BCUT2D eigenvalue weighted by molar-refractivity contribution is -0.140. The zero-order valence-corrected chi connectivity index (χ0v) is 17.6. The van der Waals surface area contributed by atoms with Crippen molar-refractivity contribution in [2.75, 3.05) is 24.5 Å². The maximum atomic E-state index is 13.3. The quantitative estimate of drug-likeness (QED) is 0.631. The molecule has 3 heterocycles. The number of anilines is 1. The van der Waals surface area contributed by atoms with Crippen LogP contribution in [0.3, 0.4) is 0 Å². The van der Waals surface area contributed by atoms with Gasteiger partial charge in [0, 0.05) is 25.9 Å². The van der Waals surface area contributed by atoms with Crippen molar-refractivity contribution < 1.29 is 14.3 Å². The molecule has 7 heteroatoms. The van der Waals surface area contributed by atoms with Gasteiger partial charge >= 0.3 is 0 Å². The van der Waals surface area contributed by atoms with Crippen LogP contribution >= 0.6 is 11.3 Å². The first-order valence-corrected chi connectivity index (χ1v) is 11.1. The van der Waals surface area contributed by atoms with Crippen LogP contribution in [0.5, 0.6) is 5.75 Å².